The molecule has 0 radical (unpaired) electrons. The zero-order valence-corrected chi connectivity index (χ0v) is 9.35. The second kappa shape index (κ2) is 3.76. The highest BCUT2D eigenvalue weighted by molar-refractivity contribution is 6.31. The fraction of sp³-hybridized carbons (Fsp3) is 0.167. The highest BCUT2D eigenvalue weighted by Crippen LogP contribution is 2.36. The Balaban J connectivity index is 2.07. The third-order valence-electron chi connectivity index (χ3n) is 2.76. The number of hydrogen-bond donors (Lipinski definition) is 0. The summed E-state index contributed by atoms with van der Waals surface area (Å²) in [5.74, 6) is 0.739. The molecule has 80 valence electrons. The van der Waals surface area contributed by atoms with E-state index in [1.54, 1.807) is 12.4 Å². The Morgan fingerprint density at radius 1 is 1.12 bits per heavy atom. The molecular formula is C12H10ClN3. The molecule has 0 fully saturated rings. The van der Waals surface area contributed by atoms with Crippen LogP contribution >= 0.6 is 11.6 Å². The number of hydrogen-bond acceptors (Lipinski definition) is 3. The molecular weight excluding hydrogens is 222 g/mol. The normalized spacial score (nSPS) is 13.9. The minimum Gasteiger partial charge on any atom is -0.310 e. The van der Waals surface area contributed by atoms with E-state index in [4.69, 9.17) is 11.6 Å². The SMILES string of the molecule is Clc1cccc2c1CCN2c1ncccn1. The highest BCUT2D eigenvalue weighted by Gasteiger charge is 2.23. The summed E-state index contributed by atoms with van der Waals surface area (Å²) in [6, 6.07) is 7.77. The fourth-order valence-electron chi connectivity index (χ4n) is 2.03. The standard InChI is InChI=1S/C12H10ClN3/c13-10-3-1-4-11-9(10)5-8-16(11)12-14-6-2-7-15-12/h1-4,6-7H,5,8H2. The molecule has 2 aromatic rings. The molecule has 16 heavy (non-hydrogen) atoms. The number of anilines is 2. The molecule has 0 atom stereocenters. The second-order valence-electron chi connectivity index (χ2n) is 3.69. The molecule has 1 aliphatic rings. The predicted molar refractivity (Wildman–Crippen MR) is 64.2 cm³/mol. The third-order valence-corrected chi connectivity index (χ3v) is 3.12. The van der Waals surface area contributed by atoms with Crippen molar-refractivity contribution in [2.45, 2.75) is 6.42 Å². The van der Waals surface area contributed by atoms with Crippen LogP contribution in [0, 0.1) is 0 Å². The van der Waals surface area contributed by atoms with Gasteiger partial charge in [0.05, 0.1) is 0 Å². The van der Waals surface area contributed by atoms with Gasteiger partial charge in [-0.3, -0.25) is 0 Å². The summed E-state index contributed by atoms with van der Waals surface area (Å²) in [5, 5.41) is 0.830. The summed E-state index contributed by atoms with van der Waals surface area (Å²) in [5.41, 5.74) is 2.32. The molecule has 0 saturated heterocycles. The molecule has 3 nitrogen and oxygen atoms in total. The van der Waals surface area contributed by atoms with Crippen LogP contribution in [0.15, 0.2) is 36.7 Å². The van der Waals surface area contributed by atoms with Gasteiger partial charge in [0, 0.05) is 29.6 Å². The van der Waals surface area contributed by atoms with Crippen molar-refractivity contribution in [1.82, 2.24) is 9.97 Å². The molecule has 0 saturated carbocycles. The van der Waals surface area contributed by atoms with E-state index in [0.717, 1.165) is 29.6 Å². The molecule has 0 unspecified atom stereocenters. The van der Waals surface area contributed by atoms with E-state index >= 15 is 0 Å². The minimum absolute atomic E-state index is 0.739. The third kappa shape index (κ3) is 1.44. The molecule has 1 aliphatic heterocycles. The van der Waals surface area contributed by atoms with Gasteiger partial charge in [-0.1, -0.05) is 17.7 Å². The van der Waals surface area contributed by atoms with Gasteiger partial charge in [-0.25, -0.2) is 9.97 Å². The molecule has 0 bridgehead atoms. The van der Waals surface area contributed by atoms with E-state index < -0.39 is 0 Å². The molecule has 0 amide bonds. The summed E-state index contributed by atoms with van der Waals surface area (Å²) in [4.78, 5) is 10.6. The van der Waals surface area contributed by atoms with Crippen molar-refractivity contribution in [3.8, 4) is 0 Å². The molecule has 2 heterocycles. The van der Waals surface area contributed by atoms with E-state index in [9.17, 15) is 0 Å². The maximum atomic E-state index is 6.15. The van der Waals surface area contributed by atoms with Crippen LogP contribution in [-0.4, -0.2) is 16.5 Å². The Kier molecular flexibility index (Phi) is 2.26. The quantitative estimate of drug-likeness (QED) is 0.756. The molecule has 1 aromatic heterocycles. The predicted octanol–water partition coefficient (Wildman–Crippen LogP) is 2.82. The van der Waals surface area contributed by atoms with Gasteiger partial charge in [0.15, 0.2) is 0 Å². The smallest absolute Gasteiger partial charge is 0.229 e. The number of benzene rings is 1. The van der Waals surface area contributed by atoms with Gasteiger partial charge >= 0.3 is 0 Å². The Morgan fingerprint density at radius 2 is 1.94 bits per heavy atom. The van der Waals surface area contributed by atoms with Crippen molar-refractivity contribution >= 4 is 23.2 Å². The molecule has 0 spiro atoms. The summed E-state index contributed by atoms with van der Waals surface area (Å²) in [7, 11) is 0. The van der Waals surface area contributed by atoms with Crippen LogP contribution in [-0.2, 0) is 6.42 Å². The Morgan fingerprint density at radius 3 is 2.75 bits per heavy atom. The first-order valence-corrected chi connectivity index (χ1v) is 5.56. The lowest BCUT2D eigenvalue weighted by atomic mass is 10.2. The van der Waals surface area contributed by atoms with Crippen molar-refractivity contribution in [3.05, 3.63) is 47.2 Å². The summed E-state index contributed by atoms with van der Waals surface area (Å²) in [6.07, 6.45) is 4.46. The molecule has 4 heteroatoms. The monoisotopic (exact) mass is 231 g/mol. The second-order valence-corrected chi connectivity index (χ2v) is 4.10. The van der Waals surface area contributed by atoms with Crippen LogP contribution in [0.25, 0.3) is 0 Å². The molecule has 0 N–H and O–H groups in total. The average Bonchev–Trinajstić information content (AvgIpc) is 2.75. The van der Waals surface area contributed by atoms with Gasteiger partial charge in [-0.15, -0.1) is 0 Å². The average molecular weight is 232 g/mol. The van der Waals surface area contributed by atoms with Crippen LogP contribution in [0.3, 0.4) is 0 Å². The van der Waals surface area contributed by atoms with E-state index in [2.05, 4.69) is 20.9 Å². The zero-order valence-electron chi connectivity index (χ0n) is 8.60. The van der Waals surface area contributed by atoms with E-state index in [-0.39, 0.29) is 0 Å². The highest BCUT2D eigenvalue weighted by atomic mass is 35.5. The van der Waals surface area contributed by atoms with Gasteiger partial charge in [0.2, 0.25) is 5.95 Å². The van der Waals surface area contributed by atoms with Crippen molar-refractivity contribution in [2.75, 3.05) is 11.4 Å². The topological polar surface area (TPSA) is 29.0 Å². The first kappa shape index (κ1) is 9.60. The number of fused-ring (bicyclic) bond motifs is 1. The van der Waals surface area contributed by atoms with Crippen LogP contribution in [0.1, 0.15) is 5.56 Å². The van der Waals surface area contributed by atoms with Crippen LogP contribution in [0.4, 0.5) is 11.6 Å². The summed E-state index contributed by atoms with van der Waals surface area (Å²) < 4.78 is 0. The number of aromatic nitrogens is 2. The molecule has 0 aliphatic carbocycles. The van der Waals surface area contributed by atoms with E-state index in [1.807, 2.05) is 18.2 Å². The lowest BCUT2D eigenvalue weighted by Crippen LogP contribution is -2.15. The number of rotatable bonds is 1. The number of halogens is 1. The van der Waals surface area contributed by atoms with Gasteiger partial charge in [-0.2, -0.15) is 0 Å². The summed E-state index contributed by atoms with van der Waals surface area (Å²) >= 11 is 6.15. The van der Waals surface area contributed by atoms with E-state index in [1.165, 1.54) is 5.56 Å². The van der Waals surface area contributed by atoms with Crippen molar-refractivity contribution in [3.63, 3.8) is 0 Å². The van der Waals surface area contributed by atoms with Crippen molar-refractivity contribution < 1.29 is 0 Å². The molecule has 3 rings (SSSR count). The first-order valence-electron chi connectivity index (χ1n) is 5.18. The summed E-state index contributed by atoms with van der Waals surface area (Å²) in [6.45, 7) is 0.892. The largest absolute Gasteiger partial charge is 0.310 e. The van der Waals surface area contributed by atoms with Crippen molar-refractivity contribution in [2.24, 2.45) is 0 Å². The van der Waals surface area contributed by atoms with Gasteiger partial charge in [-0.05, 0) is 30.2 Å². The lowest BCUT2D eigenvalue weighted by Gasteiger charge is -2.16. The van der Waals surface area contributed by atoms with E-state index in [0.29, 0.717) is 0 Å². The maximum Gasteiger partial charge on any atom is 0.229 e. The lowest BCUT2D eigenvalue weighted by molar-refractivity contribution is 0.940. The van der Waals surface area contributed by atoms with Crippen LogP contribution < -0.4 is 4.90 Å². The fourth-order valence-corrected chi connectivity index (χ4v) is 2.29. The Hall–Kier alpha value is -1.61. The molecule has 1 aromatic carbocycles. The Labute approximate surface area is 98.7 Å². The van der Waals surface area contributed by atoms with Gasteiger partial charge < -0.3 is 4.90 Å². The van der Waals surface area contributed by atoms with Crippen LogP contribution in [0.2, 0.25) is 5.02 Å². The van der Waals surface area contributed by atoms with Crippen molar-refractivity contribution in [1.29, 1.82) is 0 Å². The van der Waals surface area contributed by atoms with Gasteiger partial charge in [0.25, 0.3) is 0 Å². The van der Waals surface area contributed by atoms with Crippen LogP contribution in [0.5, 0.6) is 0 Å². The van der Waals surface area contributed by atoms with Gasteiger partial charge in [0.1, 0.15) is 0 Å². The number of nitrogens with zero attached hydrogens (tertiary/aromatic N) is 3. The first-order chi connectivity index (χ1) is 7.86. The zero-order chi connectivity index (χ0) is 11.0. The maximum absolute atomic E-state index is 6.15. The Bertz CT molecular complexity index is 513. The minimum atomic E-state index is 0.739.